The highest BCUT2D eigenvalue weighted by molar-refractivity contribution is 7.98. The van der Waals surface area contributed by atoms with E-state index in [1.165, 1.54) is 12.2 Å². The lowest BCUT2D eigenvalue weighted by Gasteiger charge is -1.87. The summed E-state index contributed by atoms with van der Waals surface area (Å²) in [5, 5.41) is 1.00. The molecule has 8 heavy (non-hydrogen) atoms. The fraction of sp³-hybridized carbons (Fsp3) is 0. The van der Waals surface area contributed by atoms with Crippen LogP contribution in [0.1, 0.15) is 0 Å². The molecule has 1 rings (SSSR count). The van der Waals surface area contributed by atoms with Gasteiger partial charge in [0.15, 0.2) is 0 Å². The molecule has 0 bridgehead atoms. The van der Waals surface area contributed by atoms with E-state index in [0.29, 0.717) is 0 Å². The summed E-state index contributed by atoms with van der Waals surface area (Å²) in [5.74, 6) is 0. The third-order valence-corrected chi connectivity index (χ3v) is 2.16. The van der Waals surface area contributed by atoms with Gasteiger partial charge in [0.1, 0.15) is 5.03 Å². The van der Waals surface area contributed by atoms with E-state index in [9.17, 15) is 8.42 Å². The first kappa shape index (κ1) is 5.37. The third-order valence-electron chi connectivity index (χ3n) is 0.847. The van der Waals surface area contributed by atoms with Crippen molar-refractivity contribution in [3.8, 4) is 0 Å². The van der Waals surface area contributed by atoms with E-state index >= 15 is 0 Å². The van der Waals surface area contributed by atoms with Crippen molar-refractivity contribution in [2.75, 3.05) is 0 Å². The monoisotopic (exact) mass is 131 g/mol. The zero-order valence-corrected chi connectivity index (χ0v) is 4.85. The fourth-order valence-electron chi connectivity index (χ4n) is 0.411. The van der Waals surface area contributed by atoms with E-state index in [-0.39, 0.29) is 5.03 Å². The van der Waals surface area contributed by atoms with Gasteiger partial charge in [0.2, 0.25) is 9.84 Å². The van der Waals surface area contributed by atoms with E-state index in [4.69, 9.17) is 5.73 Å². The van der Waals surface area contributed by atoms with Crippen LogP contribution in [0.25, 0.3) is 0 Å². The molecule has 0 aromatic heterocycles. The molecule has 2 N–H and O–H groups in total. The third kappa shape index (κ3) is 0.626. The minimum atomic E-state index is -3.17. The molecule has 0 saturated carbocycles. The summed E-state index contributed by atoms with van der Waals surface area (Å²) < 4.78 is 21.0. The molecule has 0 saturated heterocycles. The predicted molar refractivity (Wildman–Crippen MR) is 30.3 cm³/mol. The molecule has 0 fully saturated rings. The van der Waals surface area contributed by atoms with Gasteiger partial charge in [0, 0.05) is 5.41 Å². The summed E-state index contributed by atoms with van der Waals surface area (Å²) in [6.07, 6.45) is 2.76. The first-order valence-corrected chi connectivity index (χ1v) is 3.56. The summed E-state index contributed by atoms with van der Waals surface area (Å²) in [7, 11) is -3.17. The van der Waals surface area contributed by atoms with Crippen molar-refractivity contribution in [3.63, 3.8) is 0 Å². The topological polar surface area (TPSA) is 60.2 Å². The first-order chi connectivity index (χ1) is 3.63. The van der Waals surface area contributed by atoms with Crippen molar-refractivity contribution >= 4 is 9.84 Å². The Labute approximate surface area is 47.4 Å². The molecule has 4 heteroatoms. The minimum absolute atomic E-state index is 0.0718. The van der Waals surface area contributed by atoms with Gasteiger partial charge in [0.25, 0.3) is 0 Å². The number of rotatable bonds is 0. The zero-order valence-electron chi connectivity index (χ0n) is 4.03. The summed E-state index contributed by atoms with van der Waals surface area (Å²) in [5.41, 5.74) is 5.02. The maximum atomic E-state index is 10.5. The molecular formula is C4H5NO2S. The normalized spacial score (nSPS) is 23.2. The fourth-order valence-corrected chi connectivity index (χ4v) is 1.12. The lowest BCUT2D eigenvalue weighted by molar-refractivity contribution is 0.610. The highest BCUT2D eigenvalue weighted by Crippen LogP contribution is 2.08. The quantitative estimate of drug-likeness (QED) is 0.492. The molecule has 0 aromatic rings. The number of hydrogen-bond acceptors (Lipinski definition) is 3. The molecule has 1 aliphatic heterocycles. The summed E-state index contributed by atoms with van der Waals surface area (Å²) in [6.45, 7) is 0. The Kier molecular flexibility index (Phi) is 0.907. The predicted octanol–water partition coefficient (Wildman–Crippen LogP) is -0.271. The van der Waals surface area contributed by atoms with Crippen LogP contribution in [0.3, 0.4) is 0 Å². The van der Waals surface area contributed by atoms with Gasteiger partial charge in [-0.1, -0.05) is 0 Å². The molecule has 3 nitrogen and oxygen atoms in total. The van der Waals surface area contributed by atoms with Crippen LogP contribution in [0.5, 0.6) is 0 Å². The lowest BCUT2D eigenvalue weighted by atomic mass is 10.6. The van der Waals surface area contributed by atoms with Gasteiger partial charge in [-0.25, -0.2) is 8.42 Å². The Bertz CT molecular complexity index is 247. The van der Waals surface area contributed by atoms with Crippen LogP contribution in [0.15, 0.2) is 22.6 Å². The molecule has 0 atom stereocenters. The van der Waals surface area contributed by atoms with Gasteiger partial charge in [-0.3, -0.25) is 0 Å². The van der Waals surface area contributed by atoms with Crippen LogP contribution < -0.4 is 5.73 Å². The maximum Gasteiger partial charge on any atom is 0.214 e. The van der Waals surface area contributed by atoms with Crippen LogP contribution >= 0.6 is 0 Å². The largest absolute Gasteiger partial charge is 0.389 e. The Morgan fingerprint density at radius 2 is 2.12 bits per heavy atom. The lowest BCUT2D eigenvalue weighted by Crippen LogP contribution is -2.04. The average Bonchev–Trinajstić information content (AvgIpc) is 1.86. The molecule has 0 radical (unpaired) electrons. The highest BCUT2D eigenvalue weighted by Gasteiger charge is 2.12. The van der Waals surface area contributed by atoms with E-state index in [2.05, 4.69) is 0 Å². The molecule has 0 unspecified atom stereocenters. The van der Waals surface area contributed by atoms with Crippen LogP contribution in [0.4, 0.5) is 0 Å². The Hall–Kier alpha value is -0.770. The molecule has 0 aromatic carbocycles. The number of sulfone groups is 1. The Balaban J connectivity index is 3.26. The molecule has 1 aliphatic rings. The number of hydrogen-bond donors (Lipinski definition) is 1. The molecule has 0 spiro atoms. The number of allylic oxidation sites excluding steroid dienone is 2. The van der Waals surface area contributed by atoms with Crippen molar-refractivity contribution in [1.82, 2.24) is 0 Å². The smallest absolute Gasteiger partial charge is 0.214 e. The Morgan fingerprint density at radius 3 is 2.25 bits per heavy atom. The summed E-state index contributed by atoms with van der Waals surface area (Å²) in [4.78, 5) is 0. The van der Waals surface area contributed by atoms with E-state index in [0.717, 1.165) is 5.41 Å². The first-order valence-electron chi connectivity index (χ1n) is 2.02. The molecule has 0 aliphatic carbocycles. The van der Waals surface area contributed by atoms with Gasteiger partial charge < -0.3 is 5.73 Å². The van der Waals surface area contributed by atoms with E-state index < -0.39 is 9.84 Å². The SMILES string of the molecule is NC1=CC=CS1(=O)=O. The molecular weight excluding hydrogens is 126 g/mol. The van der Waals surface area contributed by atoms with Gasteiger partial charge in [-0.05, 0) is 12.2 Å². The second-order valence-electron chi connectivity index (χ2n) is 1.44. The van der Waals surface area contributed by atoms with Crippen molar-refractivity contribution in [3.05, 3.63) is 22.6 Å². The average molecular weight is 131 g/mol. The number of nitrogens with two attached hydrogens (primary N) is 1. The van der Waals surface area contributed by atoms with Gasteiger partial charge in [-0.15, -0.1) is 0 Å². The maximum absolute atomic E-state index is 10.5. The van der Waals surface area contributed by atoms with Crippen molar-refractivity contribution < 1.29 is 8.42 Å². The van der Waals surface area contributed by atoms with Gasteiger partial charge >= 0.3 is 0 Å². The second kappa shape index (κ2) is 1.35. The molecule has 44 valence electrons. The standard InChI is InChI=1S/C4H5NO2S/c5-4-2-1-3-8(4,6)7/h1-3H,5H2. The van der Waals surface area contributed by atoms with Gasteiger partial charge in [0.05, 0.1) is 0 Å². The van der Waals surface area contributed by atoms with Crippen molar-refractivity contribution in [1.29, 1.82) is 0 Å². The minimum Gasteiger partial charge on any atom is -0.389 e. The summed E-state index contributed by atoms with van der Waals surface area (Å²) >= 11 is 0. The van der Waals surface area contributed by atoms with Crippen LogP contribution in [0, 0.1) is 0 Å². The summed E-state index contributed by atoms with van der Waals surface area (Å²) in [6, 6.07) is 0. The molecule has 1 heterocycles. The van der Waals surface area contributed by atoms with E-state index in [1.54, 1.807) is 0 Å². The van der Waals surface area contributed by atoms with Crippen LogP contribution in [-0.4, -0.2) is 8.42 Å². The van der Waals surface area contributed by atoms with Crippen LogP contribution in [0.2, 0.25) is 0 Å². The zero-order chi connectivity index (χ0) is 6.20. The van der Waals surface area contributed by atoms with Crippen molar-refractivity contribution in [2.24, 2.45) is 5.73 Å². The second-order valence-corrected chi connectivity index (χ2v) is 3.28. The van der Waals surface area contributed by atoms with Crippen molar-refractivity contribution in [2.45, 2.75) is 0 Å². The van der Waals surface area contributed by atoms with Gasteiger partial charge in [-0.2, -0.15) is 0 Å². The van der Waals surface area contributed by atoms with Crippen LogP contribution in [-0.2, 0) is 9.84 Å². The van der Waals surface area contributed by atoms with E-state index in [1.807, 2.05) is 0 Å². The molecule has 0 amide bonds. The Morgan fingerprint density at radius 1 is 1.50 bits per heavy atom. The highest BCUT2D eigenvalue weighted by atomic mass is 32.2.